The molecule has 0 fully saturated rings. The minimum Gasteiger partial charge on any atom is -0.345 e. The van der Waals surface area contributed by atoms with E-state index in [-0.39, 0.29) is 5.91 Å². The molecule has 5 rings (SSSR count). The first kappa shape index (κ1) is 18.0. The fourth-order valence-electron chi connectivity index (χ4n) is 3.73. The highest BCUT2D eigenvalue weighted by molar-refractivity contribution is 5.98. The van der Waals surface area contributed by atoms with E-state index in [1.54, 1.807) is 12.4 Å². The Hall–Kier alpha value is -4.06. The summed E-state index contributed by atoms with van der Waals surface area (Å²) in [6.45, 7) is 0.406. The van der Waals surface area contributed by atoms with Gasteiger partial charge in [0.2, 0.25) is 5.69 Å². The van der Waals surface area contributed by atoms with Crippen molar-refractivity contribution in [2.75, 3.05) is 0 Å². The van der Waals surface area contributed by atoms with Crippen molar-refractivity contribution in [2.45, 2.75) is 13.0 Å². The topological polar surface area (TPSA) is 74.8 Å². The maximum atomic E-state index is 13.0. The number of rotatable bonds is 5. The van der Waals surface area contributed by atoms with Crippen LogP contribution in [0.1, 0.15) is 27.4 Å². The summed E-state index contributed by atoms with van der Waals surface area (Å²) in [6, 6.07) is 17.8. The predicted octanol–water partition coefficient (Wildman–Crippen LogP) is 3.22. The molecule has 0 aliphatic heterocycles. The van der Waals surface area contributed by atoms with Gasteiger partial charge in [0.15, 0.2) is 5.52 Å². The number of aromatic nitrogens is 4. The molecule has 4 heterocycles. The average Bonchev–Trinajstić information content (AvgIpc) is 3.17. The molecular weight excluding hydrogens is 374 g/mol. The largest absolute Gasteiger partial charge is 0.345 e. The van der Waals surface area contributed by atoms with Crippen LogP contribution in [0.25, 0.3) is 16.3 Å². The van der Waals surface area contributed by atoms with Crippen molar-refractivity contribution in [3.8, 4) is 0 Å². The Bertz CT molecular complexity index is 1340. The lowest BCUT2D eigenvalue weighted by Crippen LogP contribution is -2.26. The molecule has 2 N–H and O–H groups in total. The van der Waals surface area contributed by atoms with Crippen molar-refractivity contribution in [3.05, 3.63) is 108 Å². The van der Waals surface area contributed by atoms with Gasteiger partial charge in [0, 0.05) is 36.7 Å². The lowest BCUT2D eigenvalue weighted by molar-refractivity contribution is -0.520. The van der Waals surface area contributed by atoms with E-state index in [9.17, 15) is 4.79 Å². The molecule has 5 aromatic rings. The number of fused-ring (bicyclic) bond motifs is 2. The van der Waals surface area contributed by atoms with Crippen LogP contribution in [0, 0.1) is 0 Å². The van der Waals surface area contributed by atoms with Crippen LogP contribution < -0.4 is 9.72 Å². The van der Waals surface area contributed by atoms with Crippen LogP contribution in [0.5, 0.6) is 0 Å². The Balaban J connectivity index is 1.43. The molecule has 1 amide bonds. The van der Waals surface area contributed by atoms with Crippen molar-refractivity contribution in [1.29, 1.82) is 0 Å². The number of pyridine rings is 3. The smallest absolute Gasteiger partial charge is 0.295 e. The van der Waals surface area contributed by atoms with Crippen LogP contribution in [-0.4, -0.2) is 20.9 Å². The van der Waals surface area contributed by atoms with Crippen molar-refractivity contribution in [2.24, 2.45) is 0 Å². The number of imidazole rings is 1. The Kier molecular flexibility index (Phi) is 4.65. The van der Waals surface area contributed by atoms with E-state index in [1.165, 1.54) is 0 Å². The molecule has 1 aromatic carbocycles. The summed E-state index contributed by atoms with van der Waals surface area (Å²) in [5, 5.41) is 5.19. The van der Waals surface area contributed by atoms with Gasteiger partial charge in [-0.2, -0.15) is 4.40 Å². The molecule has 0 saturated heterocycles. The zero-order valence-electron chi connectivity index (χ0n) is 16.2. The molecule has 0 aliphatic carbocycles. The monoisotopic (exact) mass is 394 g/mol. The molecule has 0 spiro atoms. The molecule has 0 aliphatic rings. The highest BCUT2D eigenvalue weighted by atomic mass is 16.1. The van der Waals surface area contributed by atoms with Crippen LogP contribution in [-0.2, 0) is 13.0 Å². The average molecular weight is 394 g/mol. The van der Waals surface area contributed by atoms with E-state index in [0.29, 0.717) is 18.7 Å². The molecule has 6 heteroatoms. The summed E-state index contributed by atoms with van der Waals surface area (Å²) in [5.74, 6) is 0.777. The van der Waals surface area contributed by atoms with Crippen LogP contribution >= 0.6 is 0 Å². The maximum Gasteiger partial charge on any atom is 0.295 e. The summed E-state index contributed by atoms with van der Waals surface area (Å²) >= 11 is 0. The van der Waals surface area contributed by atoms with Crippen molar-refractivity contribution in [1.82, 2.24) is 20.3 Å². The van der Waals surface area contributed by atoms with Gasteiger partial charge in [-0.1, -0.05) is 36.4 Å². The maximum absolute atomic E-state index is 13.0. The number of carbonyl (C=O) groups is 1. The van der Waals surface area contributed by atoms with E-state index < -0.39 is 0 Å². The molecule has 6 nitrogen and oxygen atoms in total. The second-order valence-corrected chi connectivity index (χ2v) is 7.14. The van der Waals surface area contributed by atoms with E-state index in [0.717, 1.165) is 33.2 Å². The highest BCUT2D eigenvalue weighted by Crippen LogP contribution is 2.17. The number of carbonyl (C=O) groups excluding carboxylic acids is 1. The van der Waals surface area contributed by atoms with Gasteiger partial charge in [-0.15, -0.1) is 0 Å². The minimum absolute atomic E-state index is 0.149. The standard InChI is InChI=1S/C24H19N5O/c30-24(27-16-19-15-26-14-18-7-1-2-8-20(18)19)23-21-9-3-4-11-29(21)22(28-23)12-17-6-5-10-25-13-17/h1-11,13-15H,12,16H2,(H,27,30)/p+1. The van der Waals surface area contributed by atoms with Gasteiger partial charge in [0.25, 0.3) is 11.7 Å². The number of H-pyrrole nitrogens is 1. The number of benzene rings is 1. The Morgan fingerprint density at radius 3 is 2.77 bits per heavy atom. The Morgan fingerprint density at radius 2 is 1.87 bits per heavy atom. The number of hydrogen-bond donors (Lipinski definition) is 2. The van der Waals surface area contributed by atoms with Gasteiger partial charge < -0.3 is 5.32 Å². The van der Waals surface area contributed by atoms with Gasteiger partial charge in [-0.25, -0.2) is 4.98 Å². The van der Waals surface area contributed by atoms with Gasteiger partial charge in [0.1, 0.15) is 0 Å². The lowest BCUT2D eigenvalue weighted by atomic mass is 10.1. The summed E-state index contributed by atoms with van der Waals surface area (Å²) in [7, 11) is 0. The van der Waals surface area contributed by atoms with E-state index >= 15 is 0 Å². The third-order valence-electron chi connectivity index (χ3n) is 5.19. The van der Waals surface area contributed by atoms with Crippen LogP contribution in [0.4, 0.5) is 0 Å². The molecule has 30 heavy (non-hydrogen) atoms. The second-order valence-electron chi connectivity index (χ2n) is 7.14. The first-order valence-electron chi connectivity index (χ1n) is 9.79. The summed E-state index contributed by atoms with van der Waals surface area (Å²) < 4.78 is 2.02. The number of amides is 1. The zero-order valence-corrected chi connectivity index (χ0v) is 16.2. The van der Waals surface area contributed by atoms with Crippen molar-refractivity contribution < 1.29 is 9.20 Å². The first-order valence-corrected chi connectivity index (χ1v) is 9.79. The minimum atomic E-state index is -0.149. The van der Waals surface area contributed by atoms with E-state index in [4.69, 9.17) is 0 Å². The van der Waals surface area contributed by atoms with Crippen LogP contribution in [0.2, 0.25) is 0 Å². The quantitative estimate of drug-likeness (QED) is 0.450. The third-order valence-corrected chi connectivity index (χ3v) is 5.19. The van der Waals surface area contributed by atoms with Crippen LogP contribution in [0.3, 0.4) is 0 Å². The molecule has 0 saturated carbocycles. The fourth-order valence-corrected chi connectivity index (χ4v) is 3.73. The molecular formula is C24H20N5O+. The van der Waals surface area contributed by atoms with E-state index in [1.807, 2.05) is 77.6 Å². The zero-order chi connectivity index (χ0) is 20.3. The SMILES string of the molecule is O=C(NCc1cncc2ccccc12)c1[nH]c(Cc2cccnc2)[n+]2ccccc12. The third kappa shape index (κ3) is 3.39. The number of hydrogen-bond acceptors (Lipinski definition) is 3. The predicted molar refractivity (Wildman–Crippen MR) is 114 cm³/mol. The van der Waals surface area contributed by atoms with E-state index in [2.05, 4.69) is 20.3 Å². The summed E-state index contributed by atoms with van der Waals surface area (Å²) in [5.41, 5.74) is 3.44. The molecule has 0 unspecified atom stereocenters. The lowest BCUT2D eigenvalue weighted by Gasteiger charge is -2.06. The first-order chi connectivity index (χ1) is 14.8. The van der Waals surface area contributed by atoms with Gasteiger partial charge >= 0.3 is 0 Å². The molecule has 4 aromatic heterocycles. The highest BCUT2D eigenvalue weighted by Gasteiger charge is 2.23. The summed E-state index contributed by atoms with van der Waals surface area (Å²) in [6.07, 6.45) is 9.84. The number of aromatic amines is 1. The van der Waals surface area contributed by atoms with Gasteiger partial charge in [0.05, 0.1) is 12.6 Å². The number of nitrogens with zero attached hydrogens (tertiary/aromatic N) is 3. The summed E-state index contributed by atoms with van der Waals surface area (Å²) in [4.78, 5) is 24.8. The van der Waals surface area contributed by atoms with Crippen molar-refractivity contribution in [3.63, 3.8) is 0 Å². The van der Waals surface area contributed by atoms with Gasteiger partial charge in [-0.05, 0) is 34.7 Å². The van der Waals surface area contributed by atoms with Crippen LogP contribution in [0.15, 0.2) is 85.6 Å². The molecule has 0 atom stereocenters. The van der Waals surface area contributed by atoms with Gasteiger partial charge in [-0.3, -0.25) is 14.8 Å². The normalized spacial score (nSPS) is 11.1. The molecule has 0 radical (unpaired) electrons. The fraction of sp³-hybridized carbons (Fsp3) is 0.0833. The number of nitrogens with one attached hydrogen (secondary N) is 2. The van der Waals surface area contributed by atoms with Crippen molar-refractivity contribution >= 4 is 22.2 Å². The molecule has 146 valence electrons. The molecule has 0 bridgehead atoms. The Morgan fingerprint density at radius 1 is 0.967 bits per heavy atom. The Labute approximate surface area is 173 Å². The second kappa shape index (κ2) is 7.75.